The Kier molecular flexibility index (Phi) is 7.77. The molecule has 42 heavy (non-hydrogen) atoms. The van der Waals surface area contributed by atoms with Gasteiger partial charge in [-0.05, 0) is 70.8 Å². The van der Waals surface area contributed by atoms with Crippen LogP contribution in [-0.4, -0.2) is 29.7 Å². The number of alkyl halides is 3. The standard InChI is InChI=1S/C33H31F3N2O4/c1-40-32(39)18-27(30-15-17-41-37-30)22-6-8-24(9-7-22)42-31-13-11-25-26(31)10-12-29(33(34,35)36)28(25)20-38-16-14-21-4-2-3-5-23(21)19-38/h2-10,12,15,17,27,31H,11,13-14,16,18-20H2,1H3/t27-,31+/m0/s1. The van der Waals surface area contributed by atoms with E-state index in [9.17, 15) is 18.0 Å². The van der Waals surface area contributed by atoms with Crippen molar-refractivity contribution in [1.29, 1.82) is 0 Å². The Labute approximate surface area is 242 Å². The summed E-state index contributed by atoms with van der Waals surface area (Å²) in [6, 6.07) is 20.0. The third kappa shape index (κ3) is 5.79. The number of aromatic nitrogens is 1. The first kappa shape index (κ1) is 28.0. The molecule has 1 aliphatic heterocycles. The van der Waals surface area contributed by atoms with Gasteiger partial charge in [0.05, 0.1) is 24.8 Å². The highest BCUT2D eigenvalue weighted by Crippen LogP contribution is 2.43. The molecule has 0 amide bonds. The van der Waals surface area contributed by atoms with Crippen LogP contribution < -0.4 is 4.74 Å². The molecule has 3 aromatic carbocycles. The van der Waals surface area contributed by atoms with Crippen LogP contribution >= 0.6 is 0 Å². The fourth-order valence-corrected chi connectivity index (χ4v) is 6.21. The highest BCUT2D eigenvalue weighted by atomic mass is 19.4. The molecule has 2 aliphatic rings. The van der Waals surface area contributed by atoms with Crippen LogP contribution in [0.5, 0.6) is 5.75 Å². The second kappa shape index (κ2) is 11.6. The van der Waals surface area contributed by atoms with Gasteiger partial charge in [-0.1, -0.05) is 47.6 Å². The van der Waals surface area contributed by atoms with Crippen molar-refractivity contribution in [1.82, 2.24) is 10.1 Å². The molecule has 9 heteroatoms. The zero-order chi connectivity index (χ0) is 29.3. The summed E-state index contributed by atoms with van der Waals surface area (Å²) >= 11 is 0. The van der Waals surface area contributed by atoms with Gasteiger partial charge in [0.2, 0.25) is 0 Å². The maximum Gasteiger partial charge on any atom is 0.416 e. The van der Waals surface area contributed by atoms with Crippen molar-refractivity contribution in [3.05, 3.63) is 118 Å². The van der Waals surface area contributed by atoms with E-state index in [1.54, 1.807) is 12.1 Å². The van der Waals surface area contributed by atoms with Gasteiger partial charge in [-0.25, -0.2) is 0 Å². The van der Waals surface area contributed by atoms with Crippen LogP contribution in [-0.2, 0) is 41.6 Å². The summed E-state index contributed by atoms with van der Waals surface area (Å²) in [6.07, 6.45) is -1.28. The van der Waals surface area contributed by atoms with E-state index >= 15 is 0 Å². The molecular weight excluding hydrogens is 545 g/mol. The predicted octanol–water partition coefficient (Wildman–Crippen LogP) is 7.01. The number of nitrogens with zero attached hydrogens (tertiary/aromatic N) is 2. The van der Waals surface area contributed by atoms with Crippen LogP contribution in [0.15, 0.2) is 77.5 Å². The highest BCUT2D eigenvalue weighted by molar-refractivity contribution is 5.71. The Morgan fingerprint density at radius 1 is 1.05 bits per heavy atom. The lowest BCUT2D eigenvalue weighted by Crippen LogP contribution is -2.31. The first-order valence-corrected chi connectivity index (χ1v) is 14.0. The van der Waals surface area contributed by atoms with Gasteiger partial charge in [0, 0.05) is 31.6 Å². The first-order valence-electron chi connectivity index (χ1n) is 14.0. The molecule has 0 radical (unpaired) electrons. The largest absolute Gasteiger partial charge is 0.486 e. The second-order valence-corrected chi connectivity index (χ2v) is 10.9. The van der Waals surface area contributed by atoms with Crippen molar-refractivity contribution in [3.8, 4) is 5.75 Å². The molecule has 0 saturated carbocycles. The van der Waals surface area contributed by atoms with Crippen LogP contribution in [0.1, 0.15) is 69.5 Å². The number of esters is 1. The van der Waals surface area contributed by atoms with Gasteiger partial charge in [-0.2, -0.15) is 13.2 Å². The normalized spacial score (nSPS) is 17.4. The van der Waals surface area contributed by atoms with E-state index in [-0.39, 0.29) is 31.0 Å². The van der Waals surface area contributed by atoms with Gasteiger partial charge in [0.1, 0.15) is 18.1 Å². The van der Waals surface area contributed by atoms with Crippen LogP contribution in [0.2, 0.25) is 0 Å². The molecule has 0 saturated heterocycles. The average molecular weight is 577 g/mol. The lowest BCUT2D eigenvalue weighted by atomic mass is 9.92. The third-order valence-electron chi connectivity index (χ3n) is 8.34. The summed E-state index contributed by atoms with van der Waals surface area (Å²) in [5.41, 5.74) is 5.25. The van der Waals surface area contributed by atoms with Crippen molar-refractivity contribution >= 4 is 5.97 Å². The summed E-state index contributed by atoms with van der Waals surface area (Å²) < 4.78 is 58.7. The number of hydrogen-bond donors (Lipinski definition) is 0. The SMILES string of the molecule is COC(=O)C[C@@H](c1ccc(O[C@@H]2CCc3c2ccc(C(F)(F)F)c3CN2CCc3ccccc3C2)cc1)c1ccon1. The highest BCUT2D eigenvalue weighted by Gasteiger charge is 2.38. The topological polar surface area (TPSA) is 64.8 Å². The molecule has 0 bridgehead atoms. The minimum atomic E-state index is -4.43. The van der Waals surface area contributed by atoms with E-state index in [1.807, 2.05) is 36.4 Å². The fourth-order valence-electron chi connectivity index (χ4n) is 6.21. The number of halogens is 3. The minimum absolute atomic E-state index is 0.103. The van der Waals surface area contributed by atoms with Gasteiger partial charge < -0.3 is 14.0 Å². The third-order valence-corrected chi connectivity index (χ3v) is 8.34. The van der Waals surface area contributed by atoms with Gasteiger partial charge in [-0.3, -0.25) is 9.69 Å². The molecule has 0 spiro atoms. The van der Waals surface area contributed by atoms with Crippen molar-refractivity contribution in [3.63, 3.8) is 0 Å². The number of methoxy groups -OCH3 is 1. The number of carbonyl (C=O) groups is 1. The molecule has 6 rings (SSSR count). The molecule has 2 atom stereocenters. The smallest absolute Gasteiger partial charge is 0.416 e. The Hall–Kier alpha value is -4.11. The summed E-state index contributed by atoms with van der Waals surface area (Å²) in [7, 11) is 1.34. The molecule has 218 valence electrons. The van der Waals surface area contributed by atoms with Crippen LogP contribution in [0.4, 0.5) is 13.2 Å². The van der Waals surface area contributed by atoms with Crippen LogP contribution in [0.25, 0.3) is 0 Å². The Morgan fingerprint density at radius 3 is 2.55 bits per heavy atom. The van der Waals surface area contributed by atoms with Crippen molar-refractivity contribution in [2.24, 2.45) is 0 Å². The zero-order valence-corrected chi connectivity index (χ0v) is 23.2. The molecule has 4 aromatic rings. The molecule has 1 aliphatic carbocycles. The summed E-state index contributed by atoms with van der Waals surface area (Å²) in [6.45, 7) is 1.60. The quantitative estimate of drug-likeness (QED) is 0.210. The number of hydrogen-bond acceptors (Lipinski definition) is 6. The zero-order valence-electron chi connectivity index (χ0n) is 23.2. The van der Waals surface area contributed by atoms with Crippen molar-refractivity contribution in [2.45, 2.75) is 57.0 Å². The van der Waals surface area contributed by atoms with Gasteiger partial charge in [0.25, 0.3) is 0 Å². The minimum Gasteiger partial charge on any atom is -0.486 e. The number of rotatable bonds is 8. The lowest BCUT2D eigenvalue weighted by molar-refractivity contribution is -0.141. The van der Waals surface area contributed by atoms with E-state index < -0.39 is 11.7 Å². The number of carbonyl (C=O) groups excluding carboxylic acids is 1. The number of fused-ring (bicyclic) bond motifs is 2. The second-order valence-electron chi connectivity index (χ2n) is 10.9. The molecular formula is C33H31F3N2O4. The fraction of sp³-hybridized carbons (Fsp3) is 0.333. The average Bonchev–Trinajstić information content (AvgIpc) is 3.67. The molecule has 0 unspecified atom stereocenters. The van der Waals surface area contributed by atoms with Gasteiger partial charge in [-0.15, -0.1) is 0 Å². The molecule has 0 fully saturated rings. The Balaban J connectivity index is 1.23. The van der Waals surface area contributed by atoms with Crippen LogP contribution in [0.3, 0.4) is 0 Å². The first-order chi connectivity index (χ1) is 20.3. The molecule has 6 nitrogen and oxygen atoms in total. The maximum atomic E-state index is 14.2. The number of benzene rings is 3. The molecule has 1 aromatic heterocycles. The Bertz CT molecular complexity index is 1550. The summed E-state index contributed by atoms with van der Waals surface area (Å²) in [5, 5.41) is 4.00. The lowest BCUT2D eigenvalue weighted by Gasteiger charge is -2.30. The predicted molar refractivity (Wildman–Crippen MR) is 149 cm³/mol. The van der Waals surface area contributed by atoms with Gasteiger partial charge in [0.15, 0.2) is 0 Å². The number of ether oxygens (including phenoxy) is 2. The van der Waals surface area contributed by atoms with E-state index in [1.165, 1.54) is 30.6 Å². The summed E-state index contributed by atoms with van der Waals surface area (Å²) in [5.74, 6) is -0.112. The summed E-state index contributed by atoms with van der Waals surface area (Å²) in [4.78, 5) is 14.1. The maximum absolute atomic E-state index is 14.2. The van der Waals surface area contributed by atoms with Crippen LogP contribution in [0, 0.1) is 0 Å². The van der Waals surface area contributed by atoms with Crippen molar-refractivity contribution < 1.29 is 32.0 Å². The van der Waals surface area contributed by atoms with E-state index in [2.05, 4.69) is 22.2 Å². The Morgan fingerprint density at radius 2 is 1.83 bits per heavy atom. The van der Waals surface area contributed by atoms with E-state index in [0.29, 0.717) is 36.4 Å². The van der Waals surface area contributed by atoms with E-state index in [4.69, 9.17) is 14.0 Å². The van der Waals surface area contributed by atoms with Crippen molar-refractivity contribution in [2.75, 3.05) is 13.7 Å². The molecule has 0 N–H and O–H groups in total. The van der Waals surface area contributed by atoms with Gasteiger partial charge >= 0.3 is 12.1 Å². The monoisotopic (exact) mass is 576 g/mol. The molecule has 2 heterocycles. The van der Waals surface area contributed by atoms with E-state index in [0.717, 1.165) is 29.7 Å².